The van der Waals surface area contributed by atoms with E-state index in [0.717, 1.165) is 27.2 Å². The van der Waals surface area contributed by atoms with Gasteiger partial charge in [0.1, 0.15) is 44.7 Å². The molecule has 4 saturated heterocycles. The van der Waals surface area contributed by atoms with Gasteiger partial charge in [0.2, 0.25) is 23.6 Å². The Morgan fingerprint density at radius 1 is 0.320 bits per heavy atom. The Bertz CT molecular complexity index is 7740. The largest absolute Gasteiger partial charge is 0.493 e. The van der Waals surface area contributed by atoms with Crippen molar-refractivity contribution < 1.29 is 93.0 Å². The summed E-state index contributed by atoms with van der Waals surface area (Å²) in [5, 5.41) is 0. The predicted octanol–water partition coefficient (Wildman–Crippen LogP) is 15.8. The molecule has 8 heterocycles. The summed E-state index contributed by atoms with van der Waals surface area (Å²) < 4.78 is 361. The van der Waals surface area contributed by atoms with E-state index >= 15 is 0 Å². The van der Waals surface area contributed by atoms with Gasteiger partial charge in [-0.1, -0.05) is 291 Å². The molecule has 16 nitrogen and oxygen atoms in total. The zero-order valence-electron chi connectivity index (χ0n) is 110. The fourth-order valence-electron chi connectivity index (χ4n) is 18.9. The molecule has 4 amide bonds. The first kappa shape index (κ1) is 51.5. The number of primary amides is 4. The predicted molar refractivity (Wildman–Crippen MR) is 507 cm³/mol. The lowest BCUT2D eigenvalue weighted by atomic mass is 9.64. The van der Waals surface area contributed by atoms with Crippen LogP contribution in [0, 0.1) is 23.7 Å². The van der Waals surface area contributed by atoms with Gasteiger partial charge in [-0.25, -0.2) is 0 Å². The van der Waals surface area contributed by atoms with Gasteiger partial charge in [-0.2, -0.15) is 0 Å². The molecule has 4 fully saturated rings. The van der Waals surface area contributed by atoms with Crippen molar-refractivity contribution in [1.29, 1.82) is 0 Å². The van der Waals surface area contributed by atoms with Crippen molar-refractivity contribution in [3.05, 3.63) is 404 Å². The van der Waals surface area contributed by atoms with Crippen molar-refractivity contribution in [2.45, 2.75) is 98.4 Å². The van der Waals surface area contributed by atoms with Crippen molar-refractivity contribution >= 4 is 23.6 Å². The first-order valence-corrected chi connectivity index (χ1v) is 42.2. The van der Waals surface area contributed by atoms with E-state index in [9.17, 15) is 19.2 Å². The van der Waals surface area contributed by atoms with Crippen LogP contribution in [0.3, 0.4) is 0 Å². The zero-order valence-corrected chi connectivity index (χ0v) is 69.9. The van der Waals surface area contributed by atoms with Crippen LogP contribution >= 0.6 is 0 Å². The maximum Gasteiger partial charge on any atom is 0.232 e. The summed E-state index contributed by atoms with van der Waals surface area (Å²) in [6, 6.07) is 38.5. The van der Waals surface area contributed by atoms with Crippen molar-refractivity contribution in [1.82, 2.24) is 19.6 Å². The number of rotatable bonds is 28. The van der Waals surface area contributed by atoms with Crippen LogP contribution in [0.2, 0.25) is 0 Å². The minimum absolute atomic E-state index is 0.0178. The molecule has 4 atom stereocenters. The number of ether oxygens (including phenoxy) is 4. The Labute approximate surface area is 810 Å². The van der Waals surface area contributed by atoms with Crippen LogP contribution in [0.15, 0.2) is 315 Å². The molecule has 0 saturated carbocycles. The van der Waals surface area contributed by atoms with Crippen molar-refractivity contribution in [3.63, 3.8) is 0 Å². The van der Waals surface area contributed by atoms with Gasteiger partial charge in [-0.3, -0.25) is 19.2 Å². The van der Waals surface area contributed by atoms with Gasteiger partial charge in [0.05, 0.1) is 56.5 Å². The van der Waals surface area contributed by atoms with Gasteiger partial charge in [-0.05, 0) is 214 Å². The molecule has 0 spiro atoms. The quantitative estimate of drug-likeness (QED) is 0.0360. The number of amides is 4. The molecule has 0 bridgehead atoms. The second kappa shape index (κ2) is 40.3. The molecule has 0 unspecified atom stereocenters. The number of hydrogen-bond acceptors (Lipinski definition) is 12. The van der Waals surface area contributed by atoms with E-state index < -0.39 is 277 Å². The highest BCUT2D eigenvalue weighted by molar-refractivity contribution is 5.94. The molecule has 128 heavy (non-hydrogen) atoms. The fraction of sp³-hybridized carbons (Fsp3) is 0.321. The van der Waals surface area contributed by atoms with Crippen molar-refractivity contribution in [2.75, 3.05) is 105 Å². The third kappa shape index (κ3) is 18.4. The third-order valence-corrected chi connectivity index (χ3v) is 25.1. The highest BCUT2D eigenvalue weighted by Crippen LogP contribution is 2.49. The number of aryl methyl sites for hydroxylation is 3. The van der Waals surface area contributed by atoms with E-state index in [1.807, 2.05) is 121 Å². The van der Waals surface area contributed by atoms with Gasteiger partial charge < -0.3 is 61.5 Å². The Hall–Kier alpha value is -12.4. The number of fused-ring (bicyclic) bond motifs is 4. The molecule has 16 heteroatoms. The second-order valence-corrected chi connectivity index (χ2v) is 32.1. The van der Waals surface area contributed by atoms with Crippen LogP contribution in [-0.2, 0) is 91.9 Å². The van der Waals surface area contributed by atoms with Gasteiger partial charge in [0.15, 0.2) is 0 Å². The number of nitrogens with zero attached hydrogens (tertiary/aromatic N) is 4. The van der Waals surface area contributed by atoms with E-state index in [0.29, 0.717) is 54.3 Å². The standard InChI is InChI=1S/4C28H30N2O2/c4*29-27(31)28(23-7-3-1-4-8-23,24-9-5-2-6-10-24)25-14-17-30(20-25)16-13-21-11-12-26-22(19-21)15-18-32-26/h4*1-12,19,25H,13-18,20H2,(H2,29,31)/t4*25-/m1111/s1/i1D,2D,3D,4D,5D,6D,7D,8D,9D,10D,13D2,15D2,16D2;1D,2D,3D,4D,5D,6D,7D,8D,9D,10D,13D2,15D2;13D2,15D2,16D2;13D2,18D2. The summed E-state index contributed by atoms with van der Waals surface area (Å²) in [4.78, 5) is 60.5. The Morgan fingerprint density at radius 3 is 0.875 bits per heavy atom. The molecule has 12 aromatic carbocycles. The van der Waals surface area contributed by atoms with Crippen LogP contribution in [0.25, 0.3) is 0 Å². The van der Waals surface area contributed by atoms with E-state index in [1.165, 1.54) is 59.5 Å². The van der Waals surface area contributed by atoms with Crippen molar-refractivity contribution in [2.24, 2.45) is 46.6 Å². The van der Waals surface area contributed by atoms with Crippen molar-refractivity contribution in [3.8, 4) is 23.0 Å². The number of carbonyl (C=O) groups is 4. The summed E-state index contributed by atoms with van der Waals surface area (Å²) in [5.41, 5.74) is 19.0. The molecule has 20 rings (SSSR count). The molecule has 8 N–H and O–H groups in total. The maximum absolute atomic E-state index is 13.9. The highest BCUT2D eigenvalue weighted by atomic mass is 16.5. The van der Waals surface area contributed by atoms with Gasteiger partial charge in [0, 0.05) is 102 Å². The Morgan fingerprint density at radius 2 is 0.578 bits per heavy atom. The monoisotopic (exact) mass is 1750 g/mol. The van der Waals surface area contributed by atoms with E-state index in [2.05, 4.69) is 4.90 Å². The highest BCUT2D eigenvalue weighted by Gasteiger charge is 2.54. The molecule has 0 aromatic heterocycles. The van der Waals surface area contributed by atoms with Gasteiger partial charge in [-0.15, -0.1) is 0 Å². The first-order valence-electron chi connectivity index (χ1n) is 62.2. The normalized spacial score (nSPS) is 25.1. The minimum atomic E-state index is -2.90. The number of carbonyl (C=O) groups excluding carboxylic acids is 4. The Kier molecular flexibility index (Phi) is 16.2. The average Bonchev–Trinajstić information content (AvgIpc) is 1.29. The molecule has 12 aromatic rings. The number of nitrogens with two attached hydrogens (primary N) is 4. The summed E-state index contributed by atoms with van der Waals surface area (Å²) in [7, 11) is 0. The number of benzene rings is 12. The molecular formula is C112H120N8O8. The van der Waals surface area contributed by atoms with E-state index in [1.54, 1.807) is 23.1 Å². The third-order valence-electron chi connectivity index (χ3n) is 25.1. The molecule has 0 radical (unpaired) electrons. The summed E-state index contributed by atoms with van der Waals surface area (Å²) in [5.74, 6) is -5.37. The first-order chi connectivity index (χ1) is 78.4. The van der Waals surface area contributed by atoms with Crippen LogP contribution in [0.4, 0.5) is 0 Å². The lowest BCUT2D eigenvalue weighted by Crippen LogP contribution is -2.49. The lowest BCUT2D eigenvalue weighted by molar-refractivity contribution is -0.124. The SMILES string of the molecule is [2H]C1([2H])COc2ccc(C([2H])([2H])C([2H])([2H])N3CC[C@@H](C(C(N)=O)(c4ccccc4)c4ccccc4)C3)cc21.[2H]C1([2H])Cc2cc(C([2H])([2H])CN3CC[C@@H](C(C(N)=O)(c4ccccc4)c4ccccc4)C3)ccc2O1.[2H]c1c([2H])c([2H])c(C(C(N)=O)(c2c([2H])c([2H])c([2H])c([2H])c2[2H])[C@@H]2CCN(C([2H])([2H])C([2H])([2H])c3ccc4c(c3)C([2H])([2H])CO4)C2)c([2H])c1[2H].[2H]c1c([2H])c([2H])c(C(C(N)=O)(c2c([2H])c([2H])c([2H])c([2H])c2[2H])[C@@H]2CCN(CC([2H])([2H])c3ccc4c(c3)C([2H])([2H])CO4)C2)c([2H])c1[2H]. The minimum Gasteiger partial charge on any atom is -0.493 e. The molecule has 8 aliphatic rings. The summed E-state index contributed by atoms with van der Waals surface area (Å²) in [6.45, 7) is -7.31. The van der Waals surface area contributed by atoms with Gasteiger partial charge >= 0.3 is 0 Å². The molecule has 8 aliphatic heterocycles. The van der Waals surface area contributed by atoms with E-state index in [4.69, 9.17) is 96.7 Å². The second-order valence-electron chi connectivity index (χ2n) is 32.1. The Balaban J connectivity index is 0.000000150. The summed E-state index contributed by atoms with van der Waals surface area (Å²) in [6.07, 6.45) is -13.6. The average molecular weight is 1750 g/mol. The lowest BCUT2D eigenvalue weighted by Gasteiger charge is -2.37. The molecular weight excluding hydrogens is 1590 g/mol. The van der Waals surface area contributed by atoms with Crippen LogP contribution < -0.4 is 41.9 Å². The fourth-order valence-corrected chi connectivity index (χ4v) is 18.9. The number of hydrogen-bond donors (Lipinski definition) is 4. The zero-order chi connectivity index (χ0) is 123. The topological polar surface area (TPSA) is 222 Å². The maximum atomic E-state index is 13.9. The van der Waals surface area contributed by atoms with Crippen LogP contribution in [-0.4, -0.2) is 148 Å². The van der Waals surface area contributed by atoms with Crippen LogP contribution in [0.1, 0.15) is 170 Å². The van der Waals surface area contributed by atoms with E-state index in [-0.39, 0.29) is 130 Å². The smallest absolute Gasteiger partial charge is 0.232 e. The molecule has 0 aliphatic carbocycles. The summed E-state index contributed by atoms with van der Waals surface area (Å²) >= 11 is 0. The van der Waals surface area contributed by atoms with Gasteiger partial charge in [0.25, 0.3) is 0 Å². The van der Waals surface area contributed by atoms with Crippen LogP contribution in [0.5, 0.6) is 23.0 Å². The molecule has 656 valence electrons. The number of likely N-dealkylation sites (tertiary alicyclic amines) is 4.